The summed E-state index contributed by atoms with van der Waals surface area (Å²) in [6, 6.07) is -0.364. The van der Waals surface area contributed by atoms with Crippen LogP contribution in [0.25, 0.3) is 0 Å². The Bertz CT molecular complexity index is 191. The molecule has 3 N–H and O–H groups in total. The largest absolute Gasteiger partial charge is 0.378 e. The zero-order valence-corrected chi connectivity index (χ0v) is 9.50. The van der Waals surface area contributed by atoms with Gasteiger partial charge in [0.1, 0.15) is 0 Å². The third-order valence-corrected chi connectivity index (χ3v) is 2.82. The number of carbonyl (C=O) groups is 1. The Labute approximate surface area is 91.5 Å². The Balaban J connectivity index is 2.07. The van der Waals surface area contributed by atoms with Gasteiger partial charge in [0.15, 0.2) is 0 Å². The van der Waals surface area contributed by atoms with Gasteiger partial charge in [0.25, 0.3) is 0 Å². The molecule has 1 rings (SSSR count). The average molecular weight is 214 g/mol. The van der Waals surface area contributed by atoms with Crippen molar-refractivity contribution < 1.29 is 9.53 Å². The average Bonchev–Trinajstić information content (AvgIpc) is 2.29. The number of carbonyl (C=O) groups excluding carboxylic acids is 1. The van der Waals surface area contributed by atoms with Gasteiger partial charge in [0, 0.05) is 13.2 Å². The van der Waals surface area contributed by atoms with Crippen LogP contribution in [0.2, 0.25) is 0 Å². The van der Waals surface area contributed by atoms with Gasteiger partial charge >= 0.3 is 0 Å². The van der Waals surface area contributed by atoms with Gasteiger partial charge in [-0.25, -0.2) is 0 Å². The second-order valence-corrected chi connectivity index (χ2v) is 4.08. The fraction of sp³-hybridized carbons (Fsp3) is 0.909. The molecule has 0 spiro atoms. The van der Waals surface area contributed by atoms with Crippen LogP contribution in [-0.2, 0) is 9.53 Å². The third-order valence-electron chi connectivity index (χ3n) is 2.82. The number of ether oxygens (including phenoxy) is 1. The van der Waals surface area contributed by atoms with E-state index in [-0.39, 0.29) is 11.9 Å². The number of nitrogens with two attached hydrogens (primary N) is 1. The fourth-order valence-corrected chi connectivity index (χ4v) is 1.71. The third kappa shape index (κ3) is 4.62. The van der Waals surface area contributed by atoms with Gasteiger partial charge in [0.05, 0.1) is 12.1 Å². The van der Waals surface area contributed by atoms with Crippen molar-refractivity contribution in [2.24, 2.45) is 5.73 Å². The van der Waals surface area contributed by atoms with Gasteiger partial charge in [-0.15, -0.1) is 0 Å². The number of amides is 1. The first-order chi connectivity index (χ1) is 7.24. The molecule has 4 heteroatoms. The second-order valence-electron chi connectivity index (χ2n) is 4.08. The SMILES string of the molecule is CCC(N)C(=O)NCCC1CCCCO1. The summed E-state index contributed by atoms with van der Waals surface area (Å²) in [4.78, 5) is 11.3. The molecule has 1 saturated heterocycles. The fourth-order valence-electron chi connectivity index (χ4n) is 1.71. The smallest absolute Gasteiger partial charge is 0.236 e. The summed E-state index contributed by atoms with van der Waals surface area (Å²) < 4.78 is 5.56. The number of nitrogens with one attached hydrogen (secondary N) is 1. The van der Waals surface area contributed by atoms with Gasteiger partial charge in [-0.2, -0.15) is 0 Å². The summed E-state index contributed by atoms with van der Waals surface area (Å²) in [5, 5.41) is 2.84. The van der Waals surface area contributed by atoms with Crippen molar-refractivity contribution in [3.8, 4) is 0 Å². The number of rotatable bonds is 5. The van der Waals surface area contributed by atoms with Crippen LogP contribution in [0.4, 0.5) is 0 Å². The zero-order valence-electron chi connectivity index (χ0n) is 9.50. The molecule has 1 aliphatic heterocycles. The lowest BCUT2D eigenvalue weighted by Gasteiger charge is -2.22. The maximum absolute atomic E-state index is 11.3. The molecule has 0 aromatic carbocycles. The summed E-state index contributed by atoms with van der Waals surface area (Å²) in [5.41, 5.74) is 5.59. The number of hydrogen-bond donors (Lipinski definition) is 2. The Morgan fingerprint density at radius 2 is 2.40 bits per heavy atom. The quantitative estimate of drug-likeness (QED) is 0.711. The van der Waals surface area contributed by atoms with E-state index in [0.717, 1.165) is 19.4 Å². The summed E-state index contributed by atoms with van der Waals surface area (Å²) in [6.45, 7) is 3.46. The lowest BCUT2D eigenvalue weighted by Crippen LogP contribution is -2.41. The highest BCUT2D eigenvalue weighted by atomic mass is 16.5. The molecule has 0 radical (unpaired) electrons. The monoisotopic (exact) mass is 214 g/mol. The predicted octanol–water partition coefficient (Wildman–Crippen LogP) is 0.799. The van der Waals surface area contributed by atoms with Crippen LogP contribution in [-0.4, -0.2) is 31.2 Å². The van der Waals surface area contributed by atoms with Crippen LogP contribution in [0.15, 0.2) is 0 Å². The molecule has 15 heavy (non-hydrogen) atoms. The molecule has 0 aromatic rings. The first kappa shape index (κ1) is 12.5. The maximum atomic E-state index is 11.3. The van der Waals surface area contributed by atoms with Crippen LogP contribution in [0.5, 0.6) is 0 Å². The summed E-state index contributed by atoms with van der Waals surface area (Å²) in [7, 11) is 0. The molecule has 0 bridgehead atoms. The molecule has 2 unspecified atom stereocenters. The van der Waals surface area contributed by atoms with E-state index in [1.54, 1.807) is 0 Å². The van der Waals surface area contributed by atoms with Crippen LogP contribution in [0.3, 0.4) is 0 Å². The molecule has 0 aromatic heterocycles. The Hall–Kier alpha value is -0.610. The van der Waals surface area contributed by atoms with Crippen LogP contribution >= 0.6 is 0 Å². The minimum absolute atomic E-state index is 0.0479. The van der Waals surface area contributed by atoms with E-state index in [4.69, 9.17) is 10.5 Å². The molecule has 0 saturated carbocycles. The normalized spacial score (nSPS) is 23.5. The van der Waals surface area contributed by atoms with Crippen molar-refractivity contribution >= 4 is 5.91 Å². The van der Waals surface area contributed by atoms with Gasteiger partial charge in [-0.05, 0) is 32.1 Å². The molecule has 2 atom stereocenters. The van der Waals surface area contributed by atoms with Crippen molar-refractivity contribution in [2.45, 2.75) is 51.2 Å². The van der Waals surface area contributed by atoms with E-state index >= 15 is 0 Å². The van der Waals surface area contributed by atoms with Crippen molar-refractivity contribution in [3.05, 3.63) is 0 Å². The van der Waals surface area contributed by atoms with Gasteiger partial charge in [0.2, 0.25) is 5.91 Å². The zero-order chi connectivity index (χ0) is 11.1. The maximum Gasteiger partial charge on any atom is 0.236 e. The first-order valence-corrected chi connectivity index (χ1v) is 5.89. The Kier molecular flexibility index (Phi) is 5.65. The van der Waals surface area contributed by atoms with E-state index in [0.29, 0.717) is 19.1 Å². The van der Waals surface area contributed by atoms with Crippen molar-refractivity contribution in [3.63, 3.8) is 0 Å². The molecule has 88 valence electrons. The molecule has 1 fully saturated rings. The molecule has 1 amide bonds. The van der Waals surface area contributed by atoms with Gasteiger partial charge in [-0.3, -0.25) is 4.79 Å². The van der Waals surface area contributed by atoms with E-state index in [1.807, 2.05) is 6.92 Å². The van der Waals surface area contributed by atoms with Gasteiger partial charge < -0.3 is 15.8 Å². The molecule has 1 heterocycles. The van der Waals surface area contributed by atoms with Crippen LogP contribution in [0, 0.1) is 0 Å². The predicted molar refractivity (Wildman–Crippen MR) is 59.5 cm³/mol. The highest BCUT2D eigenvalue weighted by Gasteiger charge is 2.15. The highest BCUT2D eigenvalue weighted by Crippen LogP contribution is 2.14. The van der Waals surface area contributed by atoms with Gasteiger partial charge in [-0.1, -0.05) is 6.92 Å². The molecule has 0 aliphatic carbocycles. The lowest BCUT2D eigenvalue weighted by atomic mass is 10.1. The topological polar surface area (TPSA) is 64.4 Å². The second kappa shape index (κ2) is 6.80. The van der Waals surface area contributed by atoms with Crippen LogP contribution < -0.4 is 11.1 Å². The minimum Gasteiger partial charge on any atom is -0.378 e. The van der Waals surface area contributed by atoms with Crippen molar-refractivity contribution in [1.82, 2.24) is 5.32 Å². The van der Waals surface area contributed by atoms with E-state index in [9.17, 15) is 4.79 Å². The molecular formula is C11H22N2O2. The lowest BCUT2D eigenvalue weighted by molar-refractivity contribution is -0.122. The molecule has 4 nitrogen and oxygen atoms in total. The van der Waals surface area contributed by atoms with E-state index < -0.39 is 0 Å². The minimum atomic E-state index is -0.364. The Morgan fingerprint density at radius 1 is 1.60 bits per heavy atom. The highest BCUT2D eigenvalue weighted by molar-refractivity contribution is 5.81. The number of hydrogen-bond acceptors (Lipinski definition) is 3. The first-order valence-electron chi connectivity index (χ1n) is 5.89. The summed E-state index contributed by atoms with van der Waals surface area (Å²) in [6.07, 6.45) is 5.46. The van der Waals surface area contributed by atoms with Crippen LogP contribution in [0.1, 0.15) is 39.0 Å². The van der Waals surface area contributed by atoms with Crippen molar-refractivity contribution in [2.75, 3.05) is 13.2 Å². The van der Waals surface area contributed by atoms with E-state index in [1.165, 1.54) is 12.8 Å². The summed E-state index contributed by atoms with van der Waals surface area (Å²) >= 11 is 0. The van der Waals surface area contributed by atoms with E-state index in [2.05, 4.69) is 5.32 Å². The molecule has 1 aliphatic rings. The van der Waals surface area contributed by atoms with Crippen molar-refractivity contribution in [1.29, 1.82) is 0 Å². The standard InChI is InChI=1S/C11H22N2O2/c1-2-10(12)11(14)13-7-6-9-5-3-4-8-15-9/h9-10H,2-8,12H2,1H3,(H,13,14). The summed E-state index contributed by atoms with van der Waals surface area (Å²) in [5.74, 6) is -0.0479. The Morgan fingerprint density at radius 3 is 3.00 bits per heavy atom. The molecular weight excluding hydrogens is 192 g/mol.